The minimum absolute atomic E-state index is 0.0417. The first-order valence-electron chi connectivity index (χ1n) is 2.23. The van der Waals surface area contributed by atoms with Crippen LogP contribution in [0.1, 0.15) is 6.92 Å². The molecule has 0 saturated heterocycles. The zero-order valence-electron chi connectivity index (χ0n) is 4.52. The van der Waals surface area contributed by atoms with E-state index in [0.29, 0.717) is 5.70 Å². The van der Waals surface area contributed by atoms with Gasteiger partial charge >= 0.3 is 0 Å². The summed E-state index contributed by atoms with van der Waals surface area (Å²) in [6.45, 7) is 5.36. The molecule has 0 aliphatic carbocycles. The maximum atomic E-state index is 8.36. The van der Waals surface area contributed by atoms with Crippen LogP contribution < -0.4 is 5.73 Å². The van der Waals surface area contributed by atoms with Gasteiger partial charge in [0.25, 0.3) is 0 Å². The predicted octanol–water partition coefficient (Wildman–Crippen LogP) is 0.0872. The number of rotatable bonds is 2. The maximum absolute atomic E-state index is 8.36. The van der Waals surface area contributed by atoms with Crippen molar-refractivity contribution in [1.29, 1.82) is 0 Å². The molecule has 0 aliphatic rings. The number of aliphatic hydroxyl groups is 1. The van der Waals surface area contributed by atoms with Crippen molar-refractivity contribution in [1.82, 2.24) is 0 Å². The molecule has 0 aromatic rings. The van der Waals surface area contributed by atoms with Gasteiger partial charge in [0, 0.05) is 11.6 Å². The van der Waals surface area contributed by atoms with Gasteiger partial charge < -0.3 is 10.8 Å². The molecule has 0 aliphatic heterocycles. The van der Waals surface area contributed by atoms with E-state index in [1.165, 1.54) is 0 Å². The molecule has 0 fully saturated rings. The number of hydrogen-bond donors (Lipinski definition) is 2. The predicted molar refractivity (Wildman–Crippen MR) is 29.6 cm³/mol. The van der Waals surface area contributed by atoms with Gasteiger partial charge in [-0.15, -0.1) is 0 Å². The molecule has 0 unspecified atom stereocenters. The Bertz CT molecular complexity index is 70.5. The first kappa shape index (κ1) is 6.50. The Hall–Kier alpha value is -0.500. The molecule has 2 nitrogen and oxygen atoms in total. The van der Waals surface area contributed by atoms with Crippen LogP contribution >= 0.6 is 0 Å². The molecular formula is C5H11NO. The third-order valence-electron chi connectivity index (χ3n) is 0.907. The monoisotopic (exact) mass is 101 g/mol. The van der Waals surface area contributed by atoms with Gasteiger partial charge in [-0.05, 0) is 0 Å². The van der Waals surface area contributed by atoms with E-state index in [2.05, 4.69) is 6.58 Å². The summed E-state index contributed by atoms with van der Waals surface area (Å²) in [6, 6.07) is 0. The molecule has 1 atom stereocenters. The highest BCUT2D eigenvalue weighted by molar-refractivity contribution is 4.91. The lowest BCUT2D eigenvalue weighted by atomic mass is 10.1. The van der Waals surface area contributed by atoms with Gasteiger partial charge in [-0.25, -0.2) is 0 Å². The summed E-state index contributed by atoms with van der Waals surface area (Å²) in [4.78, 5) is 0. The quantitative estimate of drug-likeness (QED) is 0.517. The highest BCUT2D eigenvalue weighted by Crippen LogP contribution is 1.97. The standard InChI is InChI=1S/C5H11NO/c1-4(3-7)5(2)6/h4,7H,2-3,6H2,1H3/t4-/m0/s1. The Morgan fingerprint density at radius 1 is 2.00 bits per heavy atom. The molecule has 0 spiro atoms. The highest BCUT2D eigenvalue weighted by atomic mass is 16.3. The lowest BCUT2D eigenvalue weighted by Crippen LogP contribution is -2.10. The van der Waals surface area contributed by atoms with E-state index in [0.717, 1.165) is 0 Å². The smallest absolute Gasteiger partial charge is 0.0510 e. The molecule has 42 valence electrons. The molecule has 3 N–H and O–H groups in total. The van der Waals surface area contributed by atoms with E-state index in [4.69, 9.17) is 10.8 Å². The summed E-state index contributed by atoms with van der Waals surface area (Å²) in [5, 5.41) is 8.36. The Kier molecular flexibility index (Phi) is 2.45. The summed E-state index contributed by atoms with van der Waals surface area (Å²) in [5.74, 6) is 0.0417. The molecule has 0 amide bonds. The van der Waals surface area contributed by atoms with Gasteiger partial charge in [-0.2, -0.15) is 0 Å². The molecule has 2 heteroatoms. The molecule has 0 rings (SSSR count). The number of hydrogen-bond acceptors (Lipinski definition) is 2. The fourth-order valence-corrected chi connectivity index (χ4v) is 0.117. The fourth-order valence-electron chi connectivity index (χ4n) is 0.117. The van der Waals surface area contributed by atoms with E-state index >= 15 is 0 Å². The Morgan fingerprint density at radius 2 is 2.43 bits per heavy atom. The average Bonchev–Trinajstić information content (AvgIpc) is 1.65. The van der Waals surface area contributed by atoms with Crippen LogP contribution in [0.2, 0.25) is 0 Å². The summed E-state index contributed by atoms with van der Waals surface area (Å²) in [5.41, 5.74) is 5.74. The van der Waals surface area contributed by atoms with Crippen molar-refractivity contribution in [3.8, 4) is 0 Å². The number of aliphatic hydroxyl groups excluding tert-OH is 1. The van der Waals surface area contributed by atoms with Crippen LogP contribution in [-0.2, 0) is 0 Å². The van der Waals surface area contributed by atoms with Crippen LogP contribution in [0.4, 0.5) is 0 Å². The van der Waals surface area contributed by atoms with Crippen molar-refractivity contribution >= 4 is 0 Å². The summed E-state index contributed by atoms with van der Waals surface area (Å²) >= 11 is 0. The van der Waals surface area contributed by atoms with Crippen LogP contribution in [-0.4, -0.2) is 11.7 Å². The largest absolute Gasteiger partial charge is 0.402 e. The second-order valence-electron chi connectivity index (χ2n) is 1.66. The number of nitrogens with two attached hydrogens (primary N) is 1. The SMILES string of the molecule is C=C(N)[C@@H](C)CO. The van der Waals surface area contributed by atoms with Crippen LogP contribution in [0, 0.1) is 5.92 Å². The van der Waals surface area contributed by atoms with Crippen molar-refractivity contribution in [2.45, 2.75) is 6.92 Å². The lowest BCUT2D eigenvalue weighted by molar-refractivity contribution is 0.255. The third kappa shape index (κ3) is 2.23. The first-order valence-corrected chi connectivity index (χ1v) is 2.23. The van der Waals surface area contributed by atoms with E-state index in [1.54, 1.807) is 0 Å². The topological polar surface area (TPSA) is 46.2 Å². The zero-order valence-corrected chi connectivity index (χ0v) is 4.52. The van der Waals surface area contributed by atoms with Gasteiger partial charge in [0.1, 0.15) is 0 Å². The second-order valence-corrected chi connectivity index (χ2v) is 1.66. The van der Waals surface area contributed by atoms with Crippen molar-refractivity contribution in [2.24, 2.45) is 11.7 Å². The van der Waals surface area contributed by atoms with Gasteiger partial charge in [0.05, 0.1) is 6.61 Å². The lowest BCUT2D eigenvalue weighted by Gasteiger charge is -2.03. The van der Waals surface area contributed by atoms with Crippen molar-refractivity contribution in [3.63, 3.8) is 0 Å². The van der Waals surface area contributed by atoms with E-state index in [1.807, 2.05) is 6.92 Å². The van der Waals surface area contributed by atoms with Crippen LogP contribution in [0.15, 0.2) is 12.3 Å². The maximum Gasteiger partial charge on any atom is 0.0510 e. The summed E-state index contributed by atoms with van der Waals surface area (Å²) < 4.78 is 0. The minimum atomic E-state index is 0.0417. The van der Waals surface area contributed by atoms with Crippen LogP contribution in [0.5, 0.6) is 0 Å². The summed E-state index contributed by atoms with van der Waals surface area (Å²) in [6.07, 6.45) is 0. The molecule has 0 heterocycles. The van der Waals surface area contributed by atoms with Crippen molar-refractivity contribution in [2.75, 3.05) is 6.61 Å². The Morgan fingerprint density at radius 3 is 2.43 bits per heavy atom. The fraction of sp³-hybridized carbons (Fsp3) is 0.600. The molecule has 0 bridgehead atoms. The van der Waals surface area contributed by atoms with E-state index in [9.17, 15) is 0 Å². The van der Waals surface area contributed by atoms with Gasteiger partial charge in [-0.3, -0.25) is 0 Å². The third-order valence-corrected chi connectivity index (χ3v) is 0.907. The molecule has 0 radical (unpaired) electrons. The van der Waals surface area contributed by atoms with Gasteiger partial charge in [0.15, 0.2) is 0 Å². The molecule has 0 aromatic carbocycles. The Labute approximate surface area is 43.6 Å². The molecule has 0 saturated carbocycles. The minimum Gasteiger partial charge on any atom is -0.402 e. The highest BCUT2D eigenvalue weighted by Gasteiger charge is 1.97. The van der Waals surface area contributed by atoms with Crippen molar-refractivity contribution < 1.29 is 5.11 Å². The molecule has 7 heavy (non-hydrogen) atoms. The zero-order chi connectivity index (χ0) is 5.86. The normalized spacial score (nSPS) is 13.4. The molecule has 0 aromatic heterocycles. The van der Waals surface area contributed by atoms with Gasteiger partial charge in [0.2, 0.25) is 0 Å². The first-order chi connectivity index (χ1) is 3.18. The van der Waals surface area contributed by atoms with Crippen LogP contribution in [0.25, 0.3) is 0 Å². The van der Waals surface area contributed by atoms with Crippen LogP contribution in [0.3, 0.4) is 0 Å². The second kappa shape index (κ2) is 2.64. The Balaban J connectivity index is 3.34. The van der Waals surface area contributed by atoms with E-state index in [-0.39, 0.29) is 12.5 Å². The van der Waals surface area contributed by atoms with Gasteiger partial charge in [-0.1, -0.05) is 13.5 Å². The average molecular weight is 101 g/mol. The molecular weight excluding hydrogens is 90.1 g/mol. The van der Waals surface area contributed by atoms with Crippen molar-refractivity contribution in [3.05, 3.63) is 12.3 Å². The summed E-state index contributed by atoms with van der Waals surface area (Å²) in [7, 11) is 0. The van der Waals surface area contributed by atoms with E-state index < -0.39 is 0 Å².